The Morgan fingerprint density at radius 3 is 2.53 bits per heavy atom. The van der Waals surface area contributed by atoms with Gasteiger partial charge < -0.3 is 35.1 Å². The number of rotatable bonds is 17. The van der Waals surface area contributed by atoms with Crippen molar-refractivity contribution in [3.63, 3.8) is 0 Å². The van der Waals surface area contributed by atoms with Crippen LogP contribution in [-0.2, 0) is 35.7 Å². The SMILES string of the molecule is COc1nc(-c2cccc(-c3cccc4c3CC[C@@H]4Oc3nc(OCc4cncc(C#N)c4)c(CNC(C)(CO)C(=O)O)cc3Br)c2Br)ccc1CNC[C@@H]1CCC(=O)N1. The molecule has 1 fully saturated rings. The molecule has 0 bridgehead atoms. The third kappa shape index (κ3) is 9.46. The van der Waals surface area contributed by atoms with Gasteiger partial charge >= 0.3 is 5.97 Å². The lowest BCUT2D eigenvalue weighted by molar-refractivity contribution is -0.146. The van der Waals surface area contributed by atoms with Crippen LogP contribution in [0.15, 0.2) is 82.0 Å². The monoisotopic (exact) mass is 939 g/mol. The first-order valence-electron chi connectivity index (χ1n) is 19.4. The van der Waals surface area contributed by atoms with Gasteiger partial charge in [0, 0.05) is 71.2 Å². The number of benzene rings is 2. The van der Waals surface area contributed by atoms with Gasteiger partial charge in [-0.25, -0.2) is 4.98 Å². The molecular weight excluding hydrogens is 898 g/mol. The number of nitrogens with zero attached hydrogens (tertiary/aromatic N) is 4. The van der Waals surface area contributed by atoms with Gasteiger partial charge in [0.1, 0.15) is 24.3 Å². The maximum absolute atomic E-state index is 11.9. The minimum absolute atomic E-state index is 0.0105. The Bertz CT molecular complexity index is 2460. The number of nitriles is 1. The van der Waals surface area contributed by atoms with E-state index in [1.807, 2.05) is 30.3 Å². The molecule has 3 atom stereocenters. The molecule has 1 aliphatic carbocycles. The van der Waals surface area contributed by atoms with Crippen molar-refractivity contribution in [2.75, 3.05) is 20.3 Å². The standard InChI is InChI=1S/C44H43Br2N7O7/c1-44(24-54,43(56)57)50-21-28-16-35(45)42(53-41(28)59-23-26-15-25(17-47)18-48-19-26)60-37-13-11-31-30(5-3-6-32(31)37)33-7-4-8-34(39(33)46)36-12-9-27(40(52-36)58-2)20-49-22-29-10-14-38(55)51-29/h3-9,12,15-16,18-19,29,37,49-50,54H,10-11,13-14,20-24H2,1-2H3,(H,51,55)(H,56,57)/t29-,37-,44?/m0/s1. The van der Waals surface area contributed by atoms with Crippen molar-refractivity contribution in [3.05, 3.63) is 115 Å². The maximum Gasteiger partial charge on any atom is 0.326 e. The molecule has 2 aliphatic rings. The first-order chi connectivity index (χ1) is 29.0. The normalized spacial score (nSPS) is 16.7. The molecular formula is C44H43Br2N7O7. The lowest BCUT2D eigenvalue weighted by Gasteiger charge is -2.24. The Balaban J connectivity index is 1.12. The first kappa shape index (κ1) is 42.7. The highest BCUT2D eigenvalue weighted by Crippen LogP contribution is 2.45. The molecule has 310 valence electrons. The van der Waals surface area contributed by atoms with E-state index in [1.165, 1.54) is 13.1 Å². The summed E-state index contributed by atoms with van der Waals surface area (Å²) in [6.45, 7) is 2.03. The van der Waals surface area contributed by atoms with E-state index in [4.69, 9.17) is 24.2 Å². The summed E-state index contributed by atoms with van der Waals surface area (Å²) in [5, 5.41) is 38.2. The molecule has 0 spiro atoms. The van der Waals surface area contributed by atoms with Crippen molar-refractivity contribution in [1.29, 1.82) is 5.26 Å². The second-order valence-corrected chi connectivity index (χ2v) is 16.5. The zero-order valence-corrected chi connectivity index (χ0v) is 36.1. The number of ether oxygens (including phenoxy) is 3. The van der Waals surface area contributed by atoms with E-state index in [0.717, 1.165) is 56.4 Å². The molecule has 16 heteroatoms. The molecule has 0 saturated carbocycles. The van der Waals surface area contributed by atoms with Crippen molar-refractivity contribution < 1.29 is 34.0 Å². The average molecular weight is 942 g/mol. The van der Waals surface area contributed by atoms with E-state index in [-0.39, 0.29) is 43.0 Å². The van der Waals surface area contributed by atoms with Gasteiger partial charge in [0.05, 0.1) is 29.4 Å². The van der Waals surface area contributed by atoms with Crippen molar-refractivity contribution >= 4 is 43.7 Å². The molecule has 5 aromatic rings. The summed E-state index contributed by atoms with van der Waals surface area (Å²) < 4.78 is 19.9. The number of aliphatic carboxylic acids is 1. The molecule has 2 aromatic carbocycles. The fourth-order valence-electron chi connectivity index (χ4n) is 7.30. The van der Waals surface area contributed by atoms with Gasteiger partial charge in [0.2, 0.25) is 23.5 Å². The minimum atomic E-state index is -1.60. The topological polar surface area (TPSA) is 201 Å². The number of methoxy groups -OCH3 is 1. The highest BCUT2D eigenvalue weighted by molar-refractivity contribution is 9.11. The van der Waals surface area contributed by atoms with Crippen LogP contribution in [0.4, 0.5) is 0 Å². The summed E-state index contributed by atoms with van der Waals surface area (Å²) in [5.41, 5.74) is 6.78. The van der Waals surface area contributed by atoms with Crippen LogP contribution in [0.25, 0.3) is 22.4 Å². The summed E-state index contributed by atoms with van der Waals surface area (Å²) in [4.78, 5) is 37.3. The summed E-state index contributed by atoms with van der Waals surface area (Å²) in [6, 6.07) is 21.9. The fourth-order valence-corrected chi connectivity index (χ4v) is 8.44. The third-order valence-electron chi connectivity index (χ3n) is 10.7. The Morgan fingerprint density at radius 1 is 0.983 bits per heavy atom. The zero-order chi connectivity index (χ0) is 42.4. The molecule has 14 nitrogen and oxygen atoms in total. The lowest BCUT2D eigenvalue weighted by atomic mass is 9.95. The molecule has 5 N–H and O–H groups in total. The number of amides is 1. The van der Waals surface area contributed by atoms with Crippen LogP contribution in [0.3, 0.4) is 0 Å². The van der Waals surface area contributed by atoms with Crippen LogP contribution in [0.1, 0.15) is 65.7 Å². The number of carboxylic acids is 1. The second kappa shape index (κ2) is 18.9. The number of hydrogen-bond donors (Lipinski definition) is 5. The highest BCUT2D eigenvalue weighted by Gasteiger charge is 2.33. The summed E-state index contributed by atoms with van der Waals surface area (Å²) >= 11 is 7.54. The number of aliphatic hydroxyl groups excluding tert-OH is 1. The van der Waals surface area contributed by atoms with Crippen molar-refractivity contribution in [3.8, 4) is 46.1 Å². The summed E-state index contributed by atoms with van der Waals surface area (Å²) in [6.07, 6.45) is 5.55. The molecule has 1 unspecified atom stereocenters. The predicted molar refractivity (Wildman–Crippen MR) is 229 cm³/mol. The number of carbonyl (C=O) groups is 2. The molecule has 1 aliphatic heterocycles. The van der Waals surface area contributed by atoms with E-state index in [9.17, 15) is 25.1 Å². The number of aliphatic hydroxyl groups is 1. The van der Waals surface area contributed by atoms with Crippen LogP contribution in [0.2, 0.25) is 0 Å². The van der Waals surface area contributed by atoms with E-state index >= 15 is 0 Å². The van der Waals surface area contributed by atoms with E-state index in [1.54, 1.807) is 25.4 Å². The van der Waals surface area contributed by atoms with Gasteiger partial charge in [0.15, 0.2) is 0 Å². The zero-order valence-electron chi connectivity index (χ0n) is 32.9. The van der Waals surface area contributed by atoms with E-state index in [2.05, 4.69) is 77.1 Å². The minimum Gasteiger partial charge on any atom is -0.481 e. The average Bonchev–Trinajstić information content (AvgIpc) is 3.88. The Kier molecular flexibility index (Phi) is 13.4. The van der Waals surface area contributed by atoms with Gasteiger partial charge in [-0.3, -0.25) is 19.9 Å². The predicted octanol–water partition coefficient (Wildman–Crippen LogP) is 6.55. The molecule has 0 radical (unpaired) electrons. The third-order valence-corrected chi connectivity index (χ3v) is 12.1. The number of aromatic nitrogens is 3. The Labute approximate surface area is 364 Å². The number of carbonyl (C=O) groups excluding carboxylic acids is 1. The number of nitrogens with one attached hydrogen (secondary N) is 3. The van der Waals surface area contributed by atoms with E-state index < -0.39 is 18.1 Å². The molecule has 1 saturated heterocycles. The summed E-state index contributed by atoms with van der Waals surface area (Å²) in [7, 11) is 1.61. The number of halogens is 2. The Morgan fingerprint density at radius 2 is 1.78 bits per heavy atom. The number of fused-ring (bicyclic) bond motifs is 1. The largest absolute Gasteiger partial charge is 0.481 e. The van der Waals surface area contributed by atoms with Gasteiger partial charge in [-0.2, -0.15) is 10.2 Å². The quantitative estimate of drug-likeness (QED) is 0.0673. The molecule has 4 heterocycles. The molecule has 60 heavy (non-hydrogen) atoms. The van der Waals surface area contributed by atoms with Crippen LogP contribution in [0, 0.1) is 11.3 Å². The molecule has 1 amide bonds. The Hall–Kier alpha value is -5.44. The van der Waals surface area contributed by atoms with Crippen molar-refractivity contribution in [2.45, 2.75) is 70.0 Å². The number of pyridine rings is 3. The van der Waals surface area contributed by atoms with Gasteiger partial charge in [-0.1, -0.05) is 42.5 Å². The van der Waals surface area contributed by atoms with Crippen LogP contribution in [0.5, 0.6) is 17.6 Å². The fraction of sp³-hybridized carbons (Fsp3) is 0.318. The van der Waals surface area contributed by atoms with Gasteiger partial charge in [-0.15, -0.1) is 0 Å². The van der Waals surface area contributed by atoms with Gasteiger partial charge in [0.25, 0.3) is 0 Å². The number of carboxylic acid groups (broad SMARTS) is 1. The smallest absolute Gasteiger partial charge is 0.326 e. The summed E-state index contributed by atoms with van der Waals surface area (Å²) in [5.74, 6) is -0.110. The second-order valence-electron chi connectivity index (χ2n) is 14.9. The van der Waals surface area contributed by atoms with Crippen molar-refractivity contribution in [1.82, 2.24) is 30.9 Å². The van der Waals surface area contributed by atoms with Crippen LogP contribution >= 0.6 is 31.9 Å². The molecule has 3 aromatic heterocycles. The van der Waals surface area contributed by atoms with Crippen LogP contribution in [-0.4, -0.2) is 68.9 Å². The van der Waals surface area contributed by atoms with Crippen molar-refractivity contribution in [2.24, 2.45) is 0 Å². The first-order valence-corrected chi connectivity index (χ1v) is 21.0. The molecule has 7 rings (SSSR count). The van der Waals surface area contributed by atoms with Crippen LogP contribution < -0.4 is 30.2 Å². The lowest BCUT2D eigenvalue weighted by Crippen LogP contribution is -2.52. The number of hydrogen-bond acceptors (Lipinski definition) is 12. The maximum atomic E-state index is 11.9. The highest BCUT2D eigenvalue weighted by atomic mass is 79.9. The van der Waals surface area contributed by atoms with Gasteiger partial charge in [-0.05, 0) is 98.5 Å². The van der Waals surface area contributed by atoms with E-state index in [0.29, 0.717) is 53.0 Å².